The Morgan fingerprint density at radius 2 is 2.00 bits per heavy atom. The molecule has 0 aliphatic carbocycles. The number of aromatic nitrogens is 1. The van der Waals surface area contributed by atoms with Crippen LogP contribution >= 0.6 is 0 Å². The largest absolute Gasteiger partial charge is 0.366 e. The van der Waals surface area contributed by atoms with E-state index in [1.165, 1.54) is 44.7 Å². The second-order valence-electron chi connectivity index (χ2n) is 4.50. The number of piperazine rings is 1. The van der Waals surface area contributed by atoms with Gasteiger partial charge in [0.15, 0.2) is 0 Å². The Hall–Kier alpha value is -1.09. The molecular weight excluding hydrogens is 186 g/mol. The number of pyridine rings is 1. The lowest BCUT2D eigenvalue weighted by molar-refractivity contribution is 0.174. The van der Waals surface area contributed by atoms with Gasteiger partial charge in [0.2, 0.25) is 0 Å². The van der Waals surface area contributed by atoms with E-state index in [2.05, 4.69) is 26.9 Å². The summed E-state index contributed by atoms with van der Waals surface area (Å²) >= 11 is 0. The number of rotatable bonds is 1. The van der Waals surface area contributed by atoms with E-state index in [-0.39, 0.29) is 0 Å². The maximum absolute atomic E-state index is 4.08. The molecule has 0 aromatic carbocycles. The van der Waals surface area contributed by atoms with Crippen LogP contribution in [0.5, 0.6) is 0 Å². The van der Waals surface area contributed by atoms with Crippen molar-refractivity contribution in [3.8, 4) is 0 Å². The third kappa shape index (κ3) is 1.72. The topological polar surface area (TPSA) is 19.4 Å². The summed E-state index contributed by atoms with van der Waals surface area (Å²) in [5.74, 6) is 0. The summed E-state index contributed by atoms with van der Waals surface area (Å²) in [6, 6.07) is 4.99. The predicted octanol–water partition coefficient (Wildman–Crippen LogP) is 1.37. The van der Waals surface area contributed by atoms with Crippen LogP contribution in [0.2, 0.25) is 0 Å². The minimum absolute atomic E-state index is 0.731. The molecule has 15 heavy (non-hydrogen) atoms. The molecule has 2 aliphatic heterocycles. The van der Waals surface area contributed by atoms with E-state index in [9.17, 15) is 0 Å². The van der Waals surface area contributed by atoms with Gasteiger partial charge in [0.1, 0.15) is 0 Å². The van der Waals surface area contributed by atoms with Crippen LogP contribution in [0.15, 0.2) is 24.5 Å². The summed E-state index contributed by atoms with van der Waals surface area (Å²) in [6.45, 7) is 4.95. The first-order valence-corrected chi connectivity index (χ1v) is 5.82. The van der Waals surface area contributed by atoms with E-state index in [1.807, 2.05) is 12.4 Å². The third-order valence-corrected chi connectivity index (χ3v) is 3.57. The summed E-state index contributed by atoms with van der Waals surface area (Å²) in [5.41, 5.74) is 1.34. The van der Waals surface area contributed by atoms with Crippen molar-refractivity contribution in [2.75, 3.05) is 31.1 Å². The monoisotopic (exact) mass is 203 g/mol. The van der Waals surface area contributed by atoms with Gasteiger partial charge in [-0.1, -0.05) is 0 Å². The zero-order valence-electron chi connectivity index (χ0n) is 8.97. The van der Waals surface area contributed by atoms with Gasteiger partial charge in [-0.3, -0.25) is 9.88 Å². The van der Waals surface area contributed by atoms with Crippen LogP contribution in [0.25, 0.3) is 0 Å². The fourth-order valence-corrected chi connectivity index (χ4v) is 2.80. The van der Waals surface area contributed by atoms with Crippen molar-refractivity contribution in [1.29, 1.82) is 0 Å². The van der Waals surface area contributed by atoms with Crippen molar-refractivity contribution in [2.45, 2.75) is 18.9 Å². The first kappa shape index (κ1) is 9.16. The van der Waals surface area contributed by atoms with Crippen molar-refractivity contribution in [1.82, 2.24) is 9.88 Å². The Kier molecular flexibility index (Phi) is 2.33. The predicted molar refractivity (Wildman–Crippen MR) is 61.0 cm³/mol. The number of anilines is 1. The van der Waals surface area contributed by atoms with Gasteiger partial charge in [0, 0.05) is 43.8 Å². The smallest absolute Gasteiger partial charge is 0.0418 e. The molecule has 1 aromatic rings. The molecule has 2 atom stereocenters. The first-order valence-electron chi connectivity index (χ1n) is 5.82. The normalized spacial score (nSPS) is 30.3. The van der Waals surface area contributed by atoms with E-state index < -0.39 is 0 Å². The average Bonchev–Trinajstić information content (AvgIpc) is 2.31. The van der Waals surface area contributed by atoms with Crippen LogP contribution in [0, 0.1) is 0 Å². The molecule has 2 aliphatic rings. The van der Waals surface area contributed by atoms with Crippen LogP contribution < -0.4 is 4.90 Å². The van der Waals surface area contributed by atoms with Gasteiger partial charge >= 0.3 is 0 Å². The highest BCUT2D eigenvalue weighted by atomic mass is 15.3. The molecule has 2 saturated heterocycles. The molecule has 0 amide bonds. The van der Waals surface area contributed by atoms with Crippen molar-refractivity contribution in [2.24, 2.45) is 0 Å². The van der Waals surface area contributed by atoms with Crippen LogP contribution in [0.1, 0.15) is 12.8 Å². The average molecular weight is 203 g/mol. The van der Waals surface area contributed by atoms with Crippen molar-refractivity contribution in [3.63, 3.8) is 0 Å². The molecule has 2 unspecified atom stereocenters. The number of nitrogens with zero attached hydrogens (tertiary/aromatic N) is 3. The Labute approximate surface area is 90.7 Å². The summed E-state index contributed by atoms with van der Waals surface area (Å²) in [6.07, 6.45) is 6.49. The van der Waals surface area contributed by atoms with E-state index in [0.717, 1.165) is 6.04 Å². The van der Waals surface area contributed by atoms with Crippen LogP contribution in [-0.2, 0) is 0 Å². The molecule has 80 valence electrons. The minimum Gasteiger partial charge on any atom is -0.366 e. The lowest BCUT2D eigenvalue weighted by Gasteiger charge is -2.46. The fraction of sp³-hybridized carbons (Fsp3) is 0.583. The second-order valence-corrected chi connectivity index (χ2v) is 4.50. The van der Waals surface area contributed by atoms with Crippen LogP contribution in [0.4, 0.5) is 5.69 Å². The molecule has 3 rings (SSSR count). The summed E-state index contributed by atoms with van der Waals surface area (Å²) in [5, 5.41) is 0. The summed E-state index contributed by atoms with van der Waals surface area (Å²) < 4.78 is 0. The van der Waals surface area contributed by atoms with Gasteiger partial charge in [-0.05, 0) is 31.5 Å². The summed E-state index contributed by atoms with van der Waals surface area (Å²) in [4.78, 5) is 9.22. The van der Waals surface area contributed by atoms with Gasteiger partial charge < -0.3 is 4.90 Å². The maximum atomic E-state index is 4.08. The minimum atomic E-state index is 0.731. The summed E-state index contributed by atoms with van der Waals surface area (Å²) in [7, 11) is 0. The SMILES string of the molecule is c1cc(N2CCN3CCCC2C3)ccn1. The second kappa shape index (κ2) is 3.81. The Balaban J connectivity index is 1.81. The third-order valence-electron chi connectivity index (χ3n) is 3.57. The lowest BCUT2D eigenvalue weighted by Crippen LogP contribution is -2.56. The van der Waals surface area contributed by atoms with Gasteiger partial charge in [0.25, 0.3) is 0 Å². The standard InChI is InChI=1S/C12H17N3/c1-2-12-10-14(7-1)8-9-15(12)11-3-5-13-6-4-11/h3-6,12H,1-2,7-10H2. The molecule has 3 nitrogen and oxygen atoms in total. The van der Waals surface area contributed by atoms with Gasteiger partial charge in [-0.2, -0.15) is 0 Å². The number of piperidine rings is 1. The molecule has 0 saturated carbocycles. The van der Waals surface area contributed by atoms with E-state index in [4.69, 9.17) is 0 Å². The molecule has 2 fully saturated rings. The van der Waals surface area contributed by atoms with Crippen molar-refractivity contribution < 1.29 is 0 Å². The zero-order chi connectivity index (χ0) is 10.1. The number of hydrogen-bond acceptors (Lipinski definition) is 3. The highest BCUT2D eigenvalue weighted by Gasteiger charge is 2.29. The Bertz CT molecular complexity index is 325. The number of hydrogen-bond donors (Lipinski definition) is 0. The molecular formula is C12H17N3. The number of fused-ring (bicyclic) bond motifs is 2. The van der Waals surface area contributed by atoms with Crippen molar-refractivity contribution in [3.05, 3.63) is 24.5 Å². The lowest BCUT2D eigenvalue weighted by atomic mass is 10.0. The maximum Gasteiger partial charge on any atom is 0.0418 e. The van der Waals surface area contributed by atoms with E-state index in [1.54, 1.807) is 0 Å². The highest BCUT2D eigenvalue weighted by molar-refractivity contribution is 5.46. The molecule has 1 aromatic heterocycles. The molecule has 2 bridgehead atoms. The fourth-order valence-electron chi connectivity index (χ4n) is 2.80. The van der Waals surface area contributed by atoms with Gasteiger partial charge in [0.05, 0.1) is 0 Å². The van der Waals surface area contributed by atoms with Crippen LogP contribution in [-0.4, -0.2) is 42.1 Å². The first-order chi connectivity index (χ1) is 7.43. The molecule has 3 heteroatoms. The zero-order valence-corrected chi connectivity index (χ0v) is 8.97. The Morgan fingerprint density at radius 3 is 2.87 bits per heavy atom. The van der Waals surface area contributed by atoms with Gasteiger partial charge in [-0.15, -0.1) is 0 Å². The molecule has 3 heterocycles. The Morgan fingerprint density at radius 1 is 1.13 bits per heavy atom. The van der Waals surface area contributed by atoms with Gasteiger partial charge in [-0.25, -0.2) is 0 Å². The molecule has 0 radical (unpaired) electrons. The quantitative estimate of drug-likeness (QED) is 0.687. The molecule has 0 spiro atoms. The highest BCUT2D eigenvalue weighted by Crippen LogP contribution is 2.25. The van der Waals surface area contributed by atoms with E-state index >= 15 is 0 Å². The van der Waals surface area contributed by atoms with Crippen molar-refractivity contribution >= 4 is 5.69 Å². The molecule has 0 N–H and O–H groups in total. The van der Waals surface area contributed by atoms with Crippen LogP contribution in [0.3, 0.4) is 0 Å². The van der Waals surface area contributed by atoms with E-state index in [0.29, 0.717) is 0 Å².